The van der Waals surface area contributed by atoms with Crippen molar-refractivity contribution in [2.45, 2.75) is 23.8 Å². The van der Waals surface area contributed by atoms with E-state index < -0.39 is 0 Å². The summed E-state index contributed by atoms with van der Waals surface area (Å²) in [6.45, 7) is 0.837. The van der Waals surface area contributed by atoms with Gasteiger partial charge < -0.3 is 14.8 Å². The van der Waals surface area contributed by atoms with Gasteiger partial charge in [0.1, 0.15) is 5.75 Å². The molecule has 4 rings (SSSR count). The molecule has 7 heteroatoms. The second-order valence-corrected chi connectivity index (χ2v) is 7.63. The molecular weight excluding hydrogens is 386 g/mol. The van der Waals surface area contributed by atoms with Crippen LogP contribution in [0.25, 0.3) is 0 Å². The largest absolute Gasteiger partial charge is 0.438 e. The topological polar surface area (TPSA) is 73.3 Å². The fraction of sp³-hybridized carbons (Fsp3) is 0.227. The van der Waals surface area contributed by atoms with Crippen LogP contribution < -0.4 is 10.1 Å². The first kappa shape index (κ1) is 19.4. The summed E-state index contributed by atoms with van der Waals surface area (Å²) < 4.78 is 11.3. The van der Waals surface area contributed by atoms with E-state index in [1.54, 1.807) is 54.6 Å². The van der Waals surface area contributed by atoms with Crippen LogP contribution in [0.5, 0.6) is 11.6 Å². The van der Waals surface area contributed by atoms with Crippen molar-refractivity contribution in [1.82, 2.24) is 9.97 Å². The Kier molecular flexibility index (Phi) is 6.38. The zero-order chi connectivity index (χ0) is 19.9. The lowest BCUT2D eigenvalue weighted by Gasteiger charge is -2.12. The number of anilines is 1. The molecule has 1 aromatic heterocycles. The Bertz CT molecular complexity index is 945. The number of rotatable bonds is 7. The molecule has 1 fully saturated rings. The maximum Gasteiger partial charge on any atom is 0.256 e. The molecule has 0 bridgehead atoms. The van der Waals surface area contributed by atoms with Gasteiger partial charge in [-0.15, -0.1) is 11.8 Å². The van der Waals surface area contributed by atoms with Gasteiger partial charge in [-0.25, -0.2) is 4.98 Å². The molecule has 0 unspecified atom stereocenters. The molecule has 1 amide bonds. The average molecular weight is 407 g/mol. The molecule has 2 heterocycles. The number of amides is 1. The lowest BCUT2D eigenvalue weighted by atomic mass is 10.2. The summed E-state index contributed by atoms with van der Waals surface area (Å²) in [5.41, 5.74) is 1.36. The van der Waals surface area contributed by atoms with Crippen molar-refractivity contribution in [2.24, 2.45) is 0 Å². The first-order chi connectivity index (χ1) is 14.3. The van der Waals surface area contributed by atoms with Gasteiger partial charge in [-0.2, -0.15) is 0 Å². The Hall–Kier alpha value is -2.90. The molecule has 148 valence electrons. The number of ether oxygens (including phenoxy) is 2. The molecule has 1 aliphatic heterocycles. The monoisotopic (exact) mass is 407 g/mol. The minimum atomic E-state index is -0.136. The second kappa shape index (κ2) is 9.54. The standard InChI is InChI=1S/C22H21N3O3S/c26-22(19-5-1-2-6-20(19)29-15-18-4-3-13-27-18)25-16-7-9-17(10-8-16)28-21-14-23-11-12-24-21/h1-2,5-12,14,18H,3-4,13,15H2,(H,25,26)/t18-/m0/s1. The fourth-order valence-electron chi connectivity index (χ4n) is 3.00. The normalized spacial score (nSPS) is 15.8. The first-order valence-corrected chi connectivity index (χ1v) is 10.5. The zero-order valence-electron chi connectivity index (χ0n) is 15.8. The van der Waals surface area contributed by atoms with Crippen LogP contribution in [0.15, 0.2) is 72.0 Å². The van der Waals surface area contributed by atoms with Crippen LogP contribution in [-0.4, -0.2) is 34.3 Å². The van der Waals surface area contributed by atoms with Gasteiger partial charge in [0.15, 0.2) is 0 Å². The van der Waals surface area contributed by atoms with Crippen LogP contribution in [-0.2, 0) is 4.74 Å². The lowest BCUT2D eigenvalue weighted by Crippen LogP contribution is -2.14. The summed E-state index contributed by atoms with van der Waals surface area (Å²) in [6.07, 6.45) is 7.17. The van der Waals surface area contributed by atoms with E-state index in [0.29, 0.717) is 22.9 Å². The smallest absolute Gasteiger partial charge is 0.256 e. The number of benzene rings is 2. The summed E-state index contributed by atoms with van der Waals surface area (Å²) in [4.78, 5) is 21.8. The summed E-state index contributed by atoms with van der Waals surface area (Å²) in [5.74, 6) is 1.76. The summed E-state index contributed by atoms with van der Waals surface area (Å²) in [6, 6.07) is 14.8. The summed E-state index contributed by atoms with van der Waals surface area (Å²) >= 11 is 1.67. The van der Waals surface area contributed by atoms with Crippen LogP contribution in [0.2, 0.25) is 0 Å². The third-order valence-electron chi connectivity index (χ3n) is 4.45. The molecule has 1 aliphatic rings. The van der Waals surface area contributed by atoms with E-state index in [9.17, 15) is 4.79 Å². The molecule has 1 N–H and O–H groups in total. The number of thioether (sulfide) groups is 1. The van der Waals surface area contributed by atoms with Crippen LogP contribution in [0.4, 0.5) is 5.69 Å². The lowest BCUT2D eigenvalue weighted by molar-refractivity contribution is 0.102. The van der Waals surface area contributed by atoms with Gasteiger partial charge in [0.25, 0.3) is 5.91 Å². The van der Waals surface area contributed by atoms with Crippen LogP contribution >= 0.6 is 11.8 Å². The van der Waals surface area contributed by atoms with Gasteiger partial charge in [0.05, 0.1) is 17.9 Å². The molecule has 29 heavy (non-hydrogen) atoms. The molecule has 6 nitrogen and oxygen atoms in total. The van der Waals surface area contributed by atoms with Crippen molar-refractivity contribution in [3.63, 3.8) is 0 Å². The van der Waals surface area contributed by atoms with E-state index >= 15 is 0 Å². The molecule has 1 atom stereocenters. The van der Waals surface area contributed by atoms with Crippen molar-refractivity contribution >= 4 is 23.4 Å². The quantitative estimate of drug-likeness (QED) is 0.568. The second-order valence-electron chi connectivity index (χ2n) is 6.57. The first-order valence-electron chi connectivity index (χ1n) is 9.46. The van der Waals surface area contributed by atoms with Gasteiger partial charge >= 0.3 is 0 Å². The van der Waals surface area contributed by atoms with Crippen LogP contribution in [0.1, 0.15) is 23.2 Å². The number of nitrogens with one attached hydrogen (secondary N) is 1. The molecular formula is C22H21N3O3S. The fourth-order valence-corrected chi connectivity index (χ4v) is 4.12. The maximum atomic E-state index is 12.8. The van der Waals surface area contributed by atoms with Gasteiger partial charge in [0.2, 0.25) is 5.88 Å². The Morgan fingerprint density at radius 2 is 2.03 bits per heavy atom. The van der Waals surface area contributed by atoms with Gasteiger partial charge in [0, 0.05) is 35.3 Å². The highest BCUT2D eigenvalue weighted by atomic mass is 32.2. The summed E-state index contributed by atoms with van der Waals surface area (Å²) in [5, 5.41) is 2.95. The highest BCUT2D eigenvalue weighted by molar-refractivity contribution is 7.99. The Morgan fingerprint density at radius 3 is 2.79 bits per heavy atom. The highest BCUT2D eigenvalue weighted by Crippen LogP contribution is 2.28. The molecule has 1 saturated heterocycles. The maximum absolute atomic E-state index is 12.8. The van der Waals surface area contributed by atoms with E-state index in [-0.39, 0.29) is 12.0 Å². The number of hydrogen-bond acceptors (Lipinski definition) is 6. The molecule has 0 aliphatic carbocycles. The number of carbonyl (C=O) groups excluding carboxylic acids is 1. The van der Waals surface area contributed by atoms with E-state index in [1.165, 1.54) is 0 Å². The predicted molar refractivity (Wildman–Crippen MR) is 113 cm³/mol. The molecule has 0 radical (unpaired) electrons. The molecule has 3 aromatic rings. The third kappa shape index (κ3) is 5.34. The number of hydrogen-bond donors (Lipinski definition) is 1. The minimum Gasteiger partial charge on any atom is -0.438 e. The van der Waals surface area contributed by atoms with E-state index in [1.807, 2.05) is 24.3 Å². The van der Waals surface area contributed by atoms with Gasteiger partial charge in [-0.05, 0) is 49.2 Å². The SMILES string of the molecule is O=C(Nc1ccc(Oc2cnccn2)cc1)c1ccccc1SC[C@@H]1CCCO1. The molecule has 0 spiro atoms. The average Bonchev–Trinajstić information content (AvgIpc) is 3.28. The van der Waals surface area contributed by atoms with E-state index in [4.69, 9.17) is 9.47 Å². The number of nitrogens with zero attached hydrogens (tertiary/aromatic N) is 2. The van der Waals surface area contributed by atoms with Gasteiger partial charge in [-0.1, -0.05) is 12.1 Å². The van der Waals surface area contributed by atoms with Crippen molar-refractivity contribution < 1.29 is 14.3 Å². The minimum absolute atomic E-state index is 0.136. The number of carbonyl (C=O) groups is 1. The Balaban J connectivity index is 1.38. The van der Waals surface area contributed by atoms with Crippen molar-refractivity contribution in [1.29, 1.82) is 0 Å². The predicted octanol–water partition coefficient (Wildman–Crippen LogP) is 4.79. The summed E-state index contributed by atoms with van der Waals surface area (Å²) in [7, 11) is 0. The van der Waals surface area contributed by atoms with Crippen molar-refractivity contribution in [3.05, 3.63) is 72.7 Å². The Labute approximate surface area is 173 Å². The molecule has 0 saturated carbocycles. The highest BCUT2D eigenvalue weighted by Gasteiger charge is 2.18. The van der Waals surface area contributed by atoms with Crippen LogP contribution in [0.3, 0.4) is 0 Å². The van der Waals surface area contributed by atoms with Crippen molar-refractivity contribution in [2.75, 3.05) is 17.7 Å². The van der Waals surface area contributed by atoms with E-state index in [2.05, 4.69) is 15.3 Å². The molecule has 2 aromatic carbocycles. The third-order valence-corrected chi connectivity index (χ3v) is 5.66. The number of aromatic nitrogens is 2. The Morgan fingerprint density at radius 1 is 1.17 bits per heavy atom. The van der Waals surface area contributed by atoms with Crippen LogP contribution in [0, 0.1) is 0 Å². The van der Waals surface area contributed by atoms with E-state index in [0.717, 1.165) is 30.1 Å². The zero-order valence-corrected chi connectivity index (χ0v) is 16.6. The van der Waals surface area contributed by atoms with Gasteiger partial charge in [-0.3, -0.25) is 9.78 Å². The van der Waals surface area contributed by atoms with Crippen molar-refractivity contribution in [3.8, 4) is 11.6 Å².